The maximum atomic E-state index is 13.9. The van der Waals surface area contributed by atoms with E-state index in [4.69, 9.17) is 20.9 Å². The molecule has 3 N–H and O–H groups in total. The minimum atomic E-state index is -1.17. The van der Waals surface area contributed by atoms with Gasteiger partial charge in [0.05, 0.1) is 6.54 Å². The molecule has 206 valence electrons. The summed E-state index contributed by atoms with van der Waals surface area (Å²) in [5.41, 5.74) is 2.80. The minimum absolute atomic E-state index is 0.0227. The lowest BCUT2D eigenvalue weighted by molar-refractivity contribution is -0.139. The molecule has 4 aromatic rings. The van der Waals surface area contributed by atoms with Gasteiger partial charge < -0.3 is 25.0 Å². The summed E-state index contributed by atoms with van der Waals surface area (Å²) in [6, 6.07) is 17.9. The number of nitrogens with zero attached hydrogens (tertiary/aromatic N) is 1. The molecular formula is C29H25ClFN3O6. The number of carbonyl (C=O) groups excluding carboxylic acids is 2. The molecule has 0 aliphatic carbocycles. The van der Waals surface area contributed by atoms with E-state index in [1.165, 1.54) is 30.5 Å². The normalized spacial score (nSPS) is 12.3. The number of amides is 2. The number of carbonyl (C=O) groups is 3. The topological polar surface area (TPSA) is 131 Å². The van der Waals surface area contributed by atoms with Gasteiger partial charge in [-0.25, -0.2) is 14.0 Å². The van der Waals surface area contributed by atoms with Gasteiger partial charge in [0.15, 0.2) is 0 Å². The molecule has 11 heteroatoms. The molecule has 0 saturated heterocycles. The van der Waals surface area contributed by atoms with Crippen LogP contribution < -0.4 is 10.6 Å². The van der Waals surface area contributed by atoms with Crippen molar-refractivity contribution in [1.82, 2.24) is 15.8 Å². The summed E-state index contributed by atoms with van der Waals surface area (Å²) in [5.74, 6) is -2.19. The number of nitrogens with one attached hydrogen (secondary N) is 2. The van der Waals surface area contributed by atoms with Crippen LogP contribution in [0, 0.1) is 5.82 Å². The number of halogens is 2. The first-order chi connectivity index (χ1) is 19.2. The third-order valence-corrected chi connectivity index (χ3v) is 6.32. The summed E-state index contributed by atoms with van der Waals surface area (Å²) in [6.07, 6.45) is -0.0898. The summed E-state index contributed by atoms with van der Waals surface area (Å²) < 4.78 is 24.3. The molecule has 9 nitrogen and oxygen atoms in total. The highest BCUT2D eigenvalue weighted by Gasteiger charge is 2.22. The minimum Gasteiger partial charge on any atom is -0.480 e. The fourth-order valence-corrected chi connectivity index (χ4v) is 4.06. The number of ether oxygens (including phenoxy) is 1. The predicted molar refractivity (Wildman–Crippen MR) is 144 cm³/mol. The maximum absolute atomic E-state index is 13.9. The Morgan fingerprint density at radius 1 is 1.05 bits per heavy atom. The van der Waals surface area contributed by atoms with E-state index in [2.05, 4.69) is 15.8 Å². The van der Waals surface area contributed by atoms with Crippen LogP contribution in [-0.2, 0) is 22.5 Å². The number of aromatic nitrogens is 1. The Bertz CT molecular complexity index is 1490. The van der Waals surface area contributed by atoms with Crippen LogP contribution in [-0.4, -0.2) is 34.3 Å². The van der Waals surface area contributed by atoms with E-state index < -0.39 is 35.9 Å². The molecule has 2 unspecified atom stereocenters. The predicted octanol–water partition coefficient (Wildman–Crippen LogP) is 5.55. The van der Waals surface area contributed by atoms with Crippen molar-refractivity contribution in [3.63, 3.8) is 0 Å². The van der Waals surface area contributed by atoms with E-state index >= 15 is 0 Å². The van der Waals surface area contributed by atoms with Crippen LogP contribution in [0.3, 0.4) is 0 Å². The molecule has 0 bridgehead atoms. The summed E-state index contributed by atoms with van der Waals surface area (Å²) in [7, 11) is 0. The smallest absolute Gasteiger partial charge is 0.408 e. The third-order valence-electron chi connectivity index (χ3n) is 6.07. The average Bonchev–Trinajstić information content (AvgIpc) is 3.41. The summed E-state index contributed by atoms with van der Waals surface area (Å²) >= 11 is 5.88. The Labute approximate surface area is 233 Å². The number of carboxylic acids is 1. The van der Waals surface area contributed by atoms with Crippen molar-refractivity contribution < 1.29 is 33.1 Å². The van der Waals surface area contributed by atoms with Gasteiger partial charge >= 0.3 is 12.1 Å². The summed E-state index contributed by atoms with van der Waals surface area (Å²) in [5, 5.41) is 19.2. The van der Waals surface area contributed by atoms with Gasteiger partial charge in [0.2, 0.25) is 0 Å². The van der Waals surface area contributed by atoms with Crippen molar-refractivity contribution in [2.45, 2.75) is 32.0 Å². The average molecular weight is 566 g/mol. The van der Waals surface area contributed by atoms with Gasteiger partial charge in [-0.05, 0) is 42.8 Å². The lowest BCUT2D eigenvalue weighted by atomic mass is 10.0. The Balaban J connectivity index is 1.35. The molecule has 0 radical (unpaired) electrons. The van der Waals surface area contributed by atoms with Gasteiger partial charge in [0, 0.05) is 33.7 Å². The van der Waals surface area contributed by atoms with Crippen molar-refractivity contribution in [3.8, 4) is 11.3 Å². The van der Waals surface area contributed by atoms with Crippen LogP contribution in [0.4, 0.5) is 9.18 Å². The Morgan fingerprint density at radius 3 is 2.42 bits per heavy atom. The second-order valence-electron chi connectivity index (χ2n) is 8.88. The van der Waals surface area contributed by atoms with Crippen molar-refractivity contribution in [2.75, 3.05) is 0 Å². The number of hydrogen-bond donors (Lipinski definition) is 3. The maximum Gasteiger partial charge on any atom is 0.408 e. The van der Waals surface area contributed by atoms with Crippen molar-refractivity contribution in [1.29, 1.82) is 0 Å². The number of carboxylic acid groups (broad SMARTS) is 1. The number of benzene rings is 3. The van der Waals surface area contributed by atoms with Gasteiger partial charge in [0.1, 0.15) is 29.9 Å². The number of rotatable bonds is 10. The van der Waals surface area contributed by atoms with E-state index in [1.807, 2.05) is 0 Å². The van der Waals surface area contributed by atoms with Gasteiger partial charge in [-0.1, -0.05) is 59.2 Å². The fourth-order valence-electron chi connectivity index (χ4n) is 3.94. The first kappa shape index (κ1) is 28.3. The zero-order valence-corrected chi connectivity index (χ0v) is 22.0. The molecule has 2 atom stereocenters. The van der Waals surface area contributed by atoms with Crippen molar-refractivity contribution >= 4 is 29.6 Å². The number of alkyl carbamates (subject to hydrolysis) is 1. The van der Waals surface area contributed by atoms with Crippen LogP contribution in [0.5, 0.6) is 0 Å². The van der Waals surface area contributed by atoms with Gasteiger partial charge in [-0.2, -0.15) is 0 Å². The molecule has 2 amide bonds. The monoisotopic (exact) mass is 565 g/mol. The van der Waals surface area contributed by atoms with E-state index in [9.17, 15) is 23.9 Å². The quantitative estimate of drug-likeness (QED) is 0.230. The lowest BCUT2D eigenvalue weighted by Gasteiger charge is -2.15. The Morgan fingerprint density at radius 2 is 1.75 bits per heavy atom. The largest absolute Gasteiger partial charge is 0.480 e. The fraction of sp³-hybridized carbons (Fsp3) is 0.172. The van der Waals surface area contributed by atoms with Gasteiger partial charge in [-0.3, -0.25) is 4.79 Å². The van der Waals surface area contributed by atoms with E-state index in [1.54, 1.807) is 55.5 Å². The first-order valence-electron chi connectivity index (χ1n) is 12.2. The Hall–Kier alpha value is -4.70. The zero-order chi connectivity index (χ0) is 28.6. The van der Waals surface area contributed by atoms with E-state index in [-0.39, 0.29) is 24.1 Å². The lowest BCUT2D eigenvalue weighted by Crippen LogP contribution is -2.42. The molecule has 0 fully saturated rings. The second kappa shape index (κ2) is 12.9. The molecule has 1 aromatic heterocycles. The molecule has 40 heavy (non-hydrogen) atoms. The molecule has 0 aliphatic rings. The van der Waals surface area contributed by atoms with Crippen LogP contribution in [0.2, 0.25) is 5.02 Å². The molecular weight excluding hydrogens is 541 g/mol. The van der Waals surface area contributed by atoms with E-state index in [0.29, 0.717) is 27.4 Å². The van der Waals surface area contributed by atoms with Crippen LogP contribution in [0.25, 0.3) is 11.3 Å². The Kier molecular flexibility index (Phi) is 9.13. The first-order valence-corrected chi connectivity index (χ1v) is 12.6. The summed E-state index contributed by atoms with van der Waals surface area (Å²) in [6.45, 7) is 1.59. The second-order valence-corrected chi connectivity index (χ2v) is 9.32. The highest BCUT2D eigenvalue weighted by Crippen LogP contribution is 2.24. The van der Waals surface area contributed by atoms with E-state index in [0.717, 1.165) is 0 Å². The number of aliphatic carboxylic acids is 1. The van der Waals surface area contributed by atoms with Crippen molar-refractivity contribution in [2.24, 2.45) is 0 Å². The van der Waals surface area contributed by atoms with Crippen LogP contribution in [0.15, 0.2) is 83.6 Å². The standard InChI is InChI=1S/C29H25ClFN3O6/c1-17(23-4-2-3-5-24(23)31)40-29(38)32-15-21-16-39-34-26(21)19-8-10-20(11-9-19)27(35)33-25(28(36)37)14-18-6-12-22(30)13-7-18/h2-13,16-17,25H,14-15H2,1H3,(H,32,38)(H,33,35)(H,36,37). The zero-order valence-electron chi connectivity index (χ0n) is 21.3. The van der Waals surface area contributed by atoms with Crippen LogP contribution in [0.1, 0.15) is 40.1 Å². The highest BCUT2D eigenvalue weighted by atomic mass is 35.5. The van der Waals surface area contributed by atoms with Gasteiger partial charge in [-0.15, -0.1) is 0 Å². The van der Waals surface area contributed by atoms with Crippen LogP contribution >= 0.6 is 11.6 Å². The molecule has 0 spiro atoms. The molecule has 3 aromatic carbocycles. The molecule has 0 saturated carbocycles. The summed E-state index contributed by atoms with van der Waals surface area (Å²) in [4.78, 5) is 36.7. The SMILES string of the molecule is CC(OC(=O)NCc1conc1-c1ccc(C(=O)NC(Cc2ccc(Cl)cc2)C(=O)O)cc1)c1ccccc1F. The highest BCUT2D eigenvalue weighted by molar-refractivity contribution is 6.30. The number of hydrogen-bond acceptors (Lipinski definition) is 6. The van der Waals surface area contributed by atoms with Crippen molar-refractivity contribution in [3.05, 3.63) is 112 Å². The molecule has 0 aliphatic heterocycles. The van der Waals surface area contributed by atoms with Gasteiger partial charge in [0.25, 0.3) is 5.91 Å². The molecule has 1 heterocycles. The molecule has 4 rings (SSSR count). The third kappa shape index (κ3) is 7.23.